The average molecular weight is 500 g/mol. The SMILES string of the molecule is COc1ccc(CN2C[C@@H](C(=O)NC[C@H]3CCCO3)C[C@@H](C(=O)Nc3ccc(F)cc3)C2)cc1OC. The van der Waals surface area contributed by atoms with Gasteiger partial charge in [-0.05, 0) is 61.2 Å². The Morgan fingerprint density at radius 2 is 1.75 bits per heavy atom. The molecular formula is C27H34FN3O5. The number of methoxy groups -OCH3 is 2. The molecule has 2 heterocycles. The highest BCUT2D eigenvalue weighted by Crippen LogP contribution is 2.30. The molecule has 2 aliphatic heterocycles. The van der Waals surface area contributed by atoms with E-state index in [0.29, 0.717) is 49.8 Å². The molecule has 0 aromatic heterocycles. The first kappa shape index (κ1) is 25.9. The Balaban J connectivity index is 1.46. The molecule has 2 aromatic carbocycles. The minimum atomic E-state index is -0.401. The maximum absolute atomic E-state index is 13.3. The number of piperidine rings is 1. The van der Waals surface area contributed by atoms with E-state index in [9.17, 15) is 14.0 Å². The largest absolute Gasteiger partial charge is 0.493 e. The van der Waals surface area contributed by atoms with E-state index < -0.39 is 5.92 Å². The number of amides is 2. The number of halogens is 1. The molecule has 4 rings (SSSR count). The van der Waals surface area contributed by atoms with Crippen molar-refractivity contribution in [2.24, 2.45) is 11.8 Å². The average Bonchev–Trinajstić information content (AvgIpc) is 3.42. The minimum absolute atomic E-state index is 0.0537. The summed E-state index contributed by atoms with van der Waals surface area (Å²) in [5.74, 6) is -0.0922. The molecule has 36 heavy (non-hydrogen) atoms. The second kappa shape index (κ2) is 12.2. The Labute approximate surface area is 211 Å². The molecular weight excluding hydrogens is 465 g/mol. The summed E-state index contributed by atoms with van der Waals surface area (Å²) in [7, 11) is 3.18. The number of hydrogen-bond acceptors (Lipinski definition) is 6. The number of likely N-dealkylation sites (tertiary alicyclic amines) is 1. The van der Waals surface area contributed by atoms with Gasteiger partial charge in [0.1, 0.15) is 5.82 Å². The third-order valence-corrected chi connectivity index (χ3v) is 6.76. The van der Waals surface area contributed by atoms with Gasteiger partial charge >= 0.3 is 0 Å². The number of hydrogen-bond donors (Lipinski definition) is 2. The molecule has 2 N–H and O–H groups in total. The van der Waals surface area contributed by atoms with Gasteiger partial charge in [-0.3, -0.25) is 14.5 Å². The second-order valence-corrected chi connectivity index (χ2v) is 9.39. The monoisotopic (exact) mass is 499 g/mol. The van der Waals surface area contributed by atoms with Gasteiger partial charge in [0.2, 0.25) is 11.8 Å². The highest BCUT2D eigenvalue weighted by atomic mass is 19.1. The number of rotatable bonds is 9. The summed E-state index contributed by atoms with van der Waals surface area (Å²) < 4.78 is 29.7. The predicted molar refractivity (Wildman–Crippen MR) is 133 cm³/mol. The molecule has 2 aliphatic rings. The van der Waals surface area contributed by atoms with E-state index in [1.54, 1.807) is 14.2 Å². The molecule has 194 valence electrons. The molecule has 0 aliphatic carbocycles. The maximum atomic E-state index is 13.3. The summed E-state index contributed by atoms with van der Waals surface area (Å²) in [6.45, 7) is 2.80. The normalized spacial score (nSPS) is 22.1. The van der Waals surface area contributed by atoms with Crippen LogP contribution in [0.25, 0.3) is 0 Å². The Morgan fingerprint density at radius 1 is 1.03 bits per heavy atom. The van der Waals surface area contributed by atoms with Gasteiger partial charge in [0, 0.05) is 38.5 Å². The topological polar surface area (TPSA) is 89.1 Å². The van der Waals surface area contributed by atoms with Gasteiger partial charge in [-0.25, -0.2) is 4.39 Å². The number of benzene rings is 2. The Bertz CT molecular complexity index is 1040. The van der Waals surface area contributed by atoms with Gasteiger partial charge < -0.3 is 24.8 Å². The highest BCUT2D eigenvalue weighted by Gasteiger charge is 2.35. The number of carbonyl (C=O) groups is 2. The third kappa shape index (κ3) is 6.73. The van der Waals surface area contributed by atoms with Gasteiger partial charge in [-0.15, -0.1) is 0 Å². The van der Waals surface area contributed by atoms with Crippen LogP contribution >= 0.6 is 0 Å². The lowest BCUT2D eigenvalue weighted by Crippen LogP contribution is -2.49. The van der Waals surface area contributed by atoms with Crippen LogP contribution in [0.1, 0.15) is 24.8 Å². The zero-order chi connectivity index (χ0) is 25.5. The highest BCUT2D eigenvalue weighted by molar-refractivity contribution is 5.93. The standard InChI is InChI=1S/C27H34FN3O5/c1-34-24-10-5-18(12-25(24)35-2)15-31-16-19(26(32)29-14-23-4-3-11-36-23)13-20(17-31)27(33)30-22-8-6-21(28)7-9-22/h5-10,12,19-20,23H,3-4,11,13-17H2,1-2H3,(H,29,32)(H,30,33)/t19-,20+,23+/m0/s1. The first-order valence-electron chi connectivity index (χ1n) is 12.3. The second-order valence-electron chi connectivity index (χ2n) is 9.39. The molecule has 2 fully saturated rings. The molecule has 8 nitrogen and oxygen atoms in total. The summed E-state index contributed by atoms with van der Waals surface area (Å²) in [4.78, 5) is 28.4. The van der Waals surface area contributed by atoms with E-state index in [4.69, 9.17) is 14.2 Å². The fraction of sp³-hybridized carbons (Fsp3) is 0.481. The quantitative estimate of drug-likeness (QED) is 0.551. The zero-order valence-corrected chi connectivity index (χ0v) is 20.8. The summed E-state index contributed by atoms with van der Waals surface area (Å²) >= 11 is 0. The van der Waals surface area contributed by atoms with Gasteiger partial charge in [-0.1, -0.05) is 6.07 Å². The van der Waals surface area contributed by atoms with Crippen molar-refractivity contribution in [2.75, 3.05) is 45.8 Å². The maximum Gasteiger partial charge on any atom is 0.228 e. The van der Waals surface area contributed by atoms with E-state index in [2.05, 4.69) is 15.5 Å². The lowest BCUT2D eigenvalue weighted by Gasteiger charge is -2.36. The van der Waals surface area contributed by atoms with E-state index >= 15 is 0 Å². The molecule has 2 aromatic rings. The van der Waals surface area contributed by atoms with Crippen LogP contribution in [-0.4, -0.2) is 63.3 Å². The van der Waals surface area contributed by atoms with Crippen molar-refractivity contribution in [3.05, 3.63) is 53.8 Å². The molecule has 0 saturated carbocycles. The smallest absolute Gasteiger partial charge is 0.228 e. The lowest BCUT2D eigenvalue weighted by molar-refractivity contribution is -0.130. The predicted octanol–water partition coefficient (Wildman–Crippen LogP) is 3.21. The van der Waals surface area contributed by atoms with Crippen LogP contribution in [0.2, 0.25) is 0 Å². The van der Waals surface area contributed by atoms with Crippen molar-refractivity contribution in [3.8, 4) is 11.5 Å². The Hall–Kier alpha value is -3.17. The van der Waals surface area contributed by atoms with Crippen LogP contribution in [0, 0.1) is 17.7 Å². The summed E-state index contributed by atoms with van der Waals surface area (Å²) in [5.41, 5.74) is 1.52. The molecule has 2 amide bonds. The van der Waals surface area contributed by atoms with Crippen LogP contribution in [-0.2, 0) is 20.9 Å². The number of carbonyl (C=O) groups excluding carboxylic acids is 2. The number of ether oxygens (including phenoxy) is 3. The summed E-state index contributed by atoms with van der Waals surface area (Å²) in [5, 5.41) is 5.90. The van der Waals surface area contributed by atoms with E-state index in [1.165, 1.54) is 24.3 Å². The fourth-order valence-electron chi connectivity index (χ4n) is 4.88. The molecule has 2 saturated heterocycles. The zero-order valence-electron chi connectivity index (χ0n) is 20.8. The minimum Gasteiger partial charge on any atom is -0.493 e. The van der Waals surface area contributed by atoms with Crippen molar-refractivity contribution in [3.63, 3.8) is 0 Å². The van der Waals surface area contributed by atoms with Crippen molar-refractivity contribution in [2.45, 2.75) is 31.9 Å². The fourth-order valence-corrected chi connectivity index (χ4v) is 4.88. The van der Waals surface area contributed by atoms with Crippen molar-refractivity contribution < 1.29 is 28.2 Å². The molecule has 0 spiro atoms. The van der Waals surface area contributed by atoms with Crippen LogP contribution in [0.5, 0.6) is 11.5 Å². The molecule has 0 bridgehead atoms. The lowest BCUT2D eigenvalue weighted by atomic mass is 9.87. The summed E-state index contributed by atoms with van der Waals surface area (Å²) in [6.07, 6.45) is 2.44. The molecule has 9 heteroatoms. The third-order valence-electron chi connectivity index (χ3n) is 6.76. The van der Waals surface area contributed by atoms with E-state index in [1.807, 2.05) is 18.2 Å². The first-order valence-corrected chi connectivity index (χ1v) is 12.3. The summed E-state index contributed by atoms with van der Waals surface area (Å²) in [6, 6.07) is 11.4. The van der Waals surface area contributed by atoms with Crippen LogP contribution in [0.4, 0.5) is 10.1 Å². The van der Waals surface area contributed by atoms with Crippen LogP contribution < -0.4 is 20.1 Å². The van der Waals surface area contributed by atoms with Gasteiger partial charge in [0.25, 0.3) is 0 Å². The first-order chi connectivity index (χ1) is 17.4. The van der Waals surface area contributed by atoms with Gasteiger partial charge in [0.15, 0.2) is 11.5 Å². The molecule has 0 unspecified atom stereocenters. The van der Waals surface area contributed by atoms with Crippen molar-refractivity contribution in [1.82, 2.24) is 10.2 Å². The van der Waals surface area contributed by atoms with Crippen LogP contribution in [0.15, 0.2) is 42.5 Å². The number of nitrogens with zero attached hydrogens (tertiary/aromatic N) is 1. The van der Waals surface area contributed by atoms with E-state index in [-0.39, 0.29) is 29.7 Å². The van der Waals surface area contributed by atoms with Gasteiger partial charge in [-0.2, -0.15) is 0 Å². The Kier molecular flexibility index (Phi) is 8.77. The van der Waals surface area contributed by atoms with Gasteiger partial charge in [0.05, 0.1) is 32.2 Å². The molecule has 0 radical (unpaired) electrons. The number of nitrogens with one attached hydrogen (secondary N) is 2. The van der Waals surface area contributed by atoms with Crippen molar-refractivity contribution in [1.29, 1.82) is 0 Å². The Morgan fingerprint density at radius 3 is 2.42 bits per heavy atom. The van der Waals surface area contributed by atoms with E-state index in [0.717, 1.165) is 25.0 Å². The van der Waals surface area contributed by atoms with Crippen LogP contribution in [0.3, 0.4) is 0 Å². The molecule has 3 atom stereocenters. The van der Waals surface area contributed by atoms with Crippen molar-refractivity contribution >= 4 is 17.5 Å². The number of anilines is 1.